The van der Waals surface area contributed by atoms with E-state index in [1.54, 1.807) is 0 Å². The molecule has 0 aromatic carbocycles. The molecule has 58 heavy (non-hydrogen) atoms. The van der Waals surface area contributed by atoms with Crippen LogP contribution in [0.1, 0.15) is 114 Å². The summed E-state index contributed by atoms with van der Waals surface area (Å²) in [7, 11) is -3.03. The number of hydrogen-bond donors (Lipinski definition) is 2. The van der Waals surface area contributed by atoms with Gasteiger partial charge in [-0.1, -0.05) is 130 Å². The molecular formula is C48H71N2O7P. The second kappa shape index (κ2) is 22.1. The second-order valence-electron chi connectivity index (χ2n) is 17.5. The molecule has 9 nitrogen and oxygen atoms in total. The first-order chi connectivity index (χ1) is 27.2. The number of esters is 1. The van der Waals surface area contributed by atoms with E-state index >= 15 is 0 Å². The van der Waals surface area contributed by atoms with Crippen LogP contribution in [-0.2, 0) is 27.9 Å². The van der Waals surface area contributed by atoms with Gasteiger partial charge in [-0.05, 0) is 100 Å². The SMILES string of the molecule is COCC(COP(=O)(O)OCC/N=C(\N)C1=CC=C(/C=C/C=C(C)/C=C/C2=C(C)CCCC2(C)C)CC1(C)/C=C/C=C(C)/C=C/C1=C(C)CCCC1(C)C)OC(C)=O. The van der Waals surface area contributed by atoms with Crippen molar-refractivity contribution < 1.29 is 32.8 Å². The average Bonchev–Trinajstić information content (AvgIpc) is 3.11. The smallest absolute Gasteiger partial charge is 0.458 e. The molecule has 3 aliphatic carbocycles. The molecule has 0 aliphatic heterocycles. The van der Waals surface area contributed by atoms with Crippen molar-refractivity contribution in [1.82, 2.24) is 0 Å². The maximum absolute atomic E-state index is 12.5. The van der Waals surface area contributed by atoms with E-state index in [2.05, 4.69) is 134 Å². The Labute approximate surface area is 349 Å². The number of phosphoric ester groups is 1. The maximum Gasteiger partial charge on any atom is 0.472 e. The summed E-state index contributed by atoms with van der Waals surface area (Å²) in [6.45, 7) is 20.9. The highest BCUT2D eigenvalue weighted by Gasteiger charge is 2.32. The topological polar surface area (TPSA) is 130 Å². The minimum atomic E-state index is -4.45. The number of amidine groups is 1. The van der Waals surface area contributed by atoms with Crippen molar-refractivity contribution in [3.8, 4) is 0 Å². The lowest BCUT2D eigenvalue weighted by molar-refractivity contribution is -0.151. The number of hydrogen-bond acceptors (Lipinski definition) is 7. The lowest BCUT2D eigenvalue weighted by Gasteiger charge is -2.33. The normalized spacial score (nSPS) is 23.9. The fourth-order valence-corrected chi connectivity index (χ4v) is 8.80. The molecule has 3 unspecified atom stereocenters. The Bertz CT molecular complexity index is 1860. The summed E-state index contributed by atoms with van der Waals surface area (Å²) in [6, 6.07) is 0. The van der Waals surface area contributed by atoms with E-state index in [0.717, 1.165) is 23.1 Å². The van der Waals surface area contributed by atoms with Gasteiger partial charge in [0.15, 0.2) is 0 Å². The molecule has 0 aromatic heterocycles. The molecule has 3 aliphatic rings. The van der Waals surface area contributed by atoms with E-state index in [0.29, 0.717) is 12.3 Å². The number of nitrogens with zero attached hydrogens (tertiary/aromatic N) is 1. The molecule has 3 N–H and O–H groups in total. The van der Waals surface area contributed by atoms with Crippen molar-refractivity contribution in [2.75, 3.05) is 33.5 Å². The number of rotatable bonds is 19. The maximum atomic E-state index is 12.5. The predicted molar refractivity (Wildman–Crippen MR) is 239 cm³/mol. The lowest BCUT2D eigenvalue weighted by Crippen LogP contribution is -2.30. The zero-order valence-corrected chi connectivity index (χ0v) is 38.0. The van der Waals surface area contributed by atoms with Crippen molar-refractivity contribution in [1.29, 1.82) is 0 Å². The number of allylic oxidation sites excluding steroid dienone is 19. The Morgan fingerprint density at radius 3 is 1.98 bits per heavy atom. The van der Waals surface area contributed by atoms with Gasteiger partial charge in [0, 0.05) is 25.0 Å². The van der Waals surface area contributed by atoms with Crippen LogP contribution in [0.4, 0.5) is 0 Å². The van der Waals surface area contributed by atoms with Crippen LogP contribution in [0.5, 0.6) is 0 Å². The van der Waals surface area contributed by atoms with E-state index in [-0.39, 0.29) is 37.2 Å². The Hall–Kier alpha value is -3.59. The first-order valence-electron chi connectivity index (χ1n) is 20.7. The van der Waals surface area contributed by atoms with Crippen molar-refractivity contribution in [2.24, 2.45) is 27.0 Å². The number of methoxy groups -OCH3 is 1. The van der Waals surface area contributed by atoms with Gasteiger partial charge in [0.2, 0.25) is 0 Å². The number of carbonyl (C=O) groups excluding carboxylic acids is 1. The second-order valence-corrected chi connectivity index (χ2v) is 19.0. The fourth-order valence-electron chi connectivity index (χ4n) is 8.06. The molecule has 0 radical (unpaired) electrons. The first kappa shape index (κ1) is 48.8. The lowest BCUT2D eigenvalue weighted by atomic mass is 9.72. The first-order valence-corrected chi connectivity index (χ1v) is 22.1. The van der Waals surface area contributed by atoms with Gasteiger partial charge >= 0.3 is 13.8 Å². The summed E-state index contributed by atoms with van der Waals surface area (Å²) < 4.78 is 32.7. The van der Waals surface area contributed by atoms with Crippen LogP contribution >= 0.6 is 7.82 Å². The van der Waals surface area contributed by atoms with Gasteiger partial charge in [-0.2, -0.15) is 0 Å². The number of aliphatic imine (C=N–C) groups is 1. The largest absolute Gasteiger partial charge is 0.472 e. The Balaban J connectivity index is 1.81. The molecule has 0 spiro atoms. The van der Waals surface area contributed by atoms with Gasteiger partial charge < -0.3 is 20.1 Å². The zero-order valence-electron chi connectivity index (χ0n) is 37.2. The third kappa shape index (κ3) is 15.5. The summed E-state index contributed by atoms with van der Waals surface area (Å²) in [5.74, 6) is -0.241. The van der Waals surface area contributed by atoms with Crippen LogP contribution in [0.3, 0.4) is 0 Å². The number of phosphoric acid groups is 1. The van der Waals surface area contributed by atoms with Gasteiger partial charge in [-0.15, -0.1) is 0 Å². The van der Waals surface area contributed by atoms with Gasteiger partial charge in [-0.25, -0.2) is 4.57 Å². The summed E-state index contributed by atoms with van der Waals surface area (Å²) in [6.07, 6.45) is 32.9. The number of ether oxygens (including phenoxy) is 2. The van der Waals surface area contributed by atoms with Gasteiger partial charge in [0.1, 0.15) is 11.9 Å². The van der Waals surface area contributed by atoms with E-state index in [4.69, 9.17) is 24.3 Å². The van der Waals surface area contributed by atoms with E-state index in [9.17, 15) is 14.3 Å². The number of carbonyl (C=O) groups is 1. The molecule has 0 saturated carbocycles. The van der Waals surface area contributed by atoms with Crippen LogP contribution in [0.15, 0.2) is 122 Å². The summed E-state index contributed by atoms with van der Waals surface area (Å²) in [5.41, 5.74) is 16.7. The number of nitrogens with two attached hydrogens (primary N) is 1. The molecule has 0 heterocycles. The van der Waals surface area contributed by atoms with Crippen molar-refractivity contribution in [3.63, 3.8) is 0 Å². The Kier molecular flexibility index (Phi) is 18.6. The zero-order chi connectivity index (χ0) is 43.1. The van der Waals surface area contributed by atoms with Crippen LogP contribution in [0, 0.1) is 16.2 Å². The fraction of sp³-hybridized carbons (Fsp3) is 0.542. The van der Waals surface area contributed by atoms with Gasteiger partial charge in [-0.3, -0.25) is 18.8 Å². The molecule has 3 atom stereocenters. The van der Waals surface area contributed by atoms with E-state index < -0.39 is 25.3 Å². The van der Waals surface area contributed by atoms with E-state index in [1.807, 2.05) is 6.08 Å². The quantitative estimate of drug-likeness (QED) is 0.0329. The summed E-state index contributed by atoms with van der Waals surface area (Å²) >= 11 is 0. The Morgan fingerprint density at radius 2 is 1.45 bits per heavy atom. The van der Waals surface area contributed by atoms with Gasteiger partial charge in [0.05, 0.1) is 26.4 Å². The highest BCUT2D eigenvalue weighted by molar-refractivity contribution is 7.47. The average molecular weight is 819 g/mol. The van der Waals surface area contributed by atoms with Gasteiger partial charge in [0.25, 0.3) is 0 Å². The molecule has 0 saturated heterocycles. The van der Waals surface area contributed by atoms with Crippen LogP contribution < -0.4 is 5.73 Å². The molecule has 0 amide bonds. The summed E-state index contributed by atoms with van der Waals surface area (Å²) in [5, 5.41) is 0. The third-order valence-corrected chi connectivity index (χ3v) is 12.3. The minimum absolute atomic E-state index is 0.00167. The third-order valence-electron chi connectivity index (χ3n) is 11.3. The Morgan fingerprint density at radius 1 is 0.879 bits per heavy atom. The summed E-state index contributed by atoms with van der Waals surface area (Å²) in [4.78, 5) is 26.1. The monoisotopic (exact) mass is 818 g/mol. The molecule has 0 fully saturated rings. The minimum Gasteiger partial charge on any atom is -0.458 e. The highest BCUT2D eigenvalue weighted by atomic mass is 31.2. The van der Waals surface area contributed by atoms with Crippen LogP contribution in [-0.4, -0.2) is 56.3 Å². The molecule has 0 aromatic rings. The molecular weight excluding hydrogens is 748 g/mol. The molecule has 10 heteroatoms. The molecule has 0 bridgehead atoms. The van der Waals surface area contributed by atoms with E-state index in [1.165, 1.54) is 74.0 Å². The standard InChI is InChI=1S/C48H71N2O7P/c1-35(21-24-42-37(3)18-14-27-46(42,6)7)16-12-20-40-23-26-44(45(49)50-30-31-55-58(52,53)56-34-41(33-54-11)57-39(5)51)48(10,32-40)29-13-17-36(2)22-25-43-38(4)19-15-28-47(43,8)9/h12-13,16-17,20-26,29,41H,14-15,18-19,27-28,30-34H2,1-11H3,(H2,49,50)(H,52,53)/b20-12+,24-21+,25-22+,29-13+,35-16+,36-17+. The molecule has 3 rings (SSSR count). The van der Waals surface area contributed by atoms with Crippen LogP contribution in [0.2, 0.25) is 0 Å². The van der Waals surface area contributed by atoms with Crippen molar-refractivity contribution in [2.45, 2.75) is 120 Å². The highest BCUT2D eigenvalue weighted by Crippen LogP contribution is 2.44. The van der Waals surface area contributed by atoms with Crippen molar-refractivity contribution in [3.05, 3.63) is 117 Å². The predicted octanol–water partition coefficient (Wildman–Crippen LogP) is 11.5. The van der Waals surface area contributed by atoms with Crippen molar-refractivity contribution >= 4 is 19.6 Å². The van der Waals surface area contributed by atoms with Crippen LogP contribution in [0.25, 0.3) is 0 Å². The molecule has 320 valence electrons.